The van der Waals surface area contributed by atoms with Gasteiger partial charge in [-0.15, -0.1) is 0 Å². The summed E-state index contributed by atoms with van der Waals surface area (Å²) in [6.07, 6.45) is 3.49. The van der Waals surface area contributed by atoms with Crippen molar-refractivity contribution in [3.8, 4) is 0 Å². The molecule has 1 aliphatic heterocycles. The van der Waals surface area contributed by atoms with Gasteiger partial charge >= 0.3 is 21.1 Å². The van der Waals surface area contributed by atoms with Gasteiger partial charge in [0.25, 0.3) is 0 Å². The summed E-state index contributed by atoms with van der Waals surface area (Å²) in [6, 6.07) is 9.16. The van der Waals surface area contributed by atoms with Gasteiger partial charge in [0.15, 0.2) is 0 Å². The zero-order valence-electron chi connectivity index (χ0n) is 16.2. The molecule has 3 heteroatoms. The largest absolute Gasteiger partial charge is 2.00 e. The Morgan fingerprint density at radius 1 is 0.760 bits per heavy atom. The average molecular weight is 517 g/mol. The maximum atomic E-state index is 2.44. The minimum absolute atomic E-state index is 0. The van der Waals surface area contributed by atoms with Crippen LogP contribution >= 0.6 is 0 Å². The summed E-state index contributed by atoms with van der Waals surface area (Å²) in [5.74, 6) is 0. The van der Waals surface area contributed by atoms with E-state index in [4.69, 9.17) is 0 Å². The maximum absolute atomic E-state index is 2.44. The second kappa shape index (κ2) is 7.87. The third kappa shape index (κ3) is 4.06. The van der Waals surface area contributed by atoms with E-state index in [-0.39, 0.29) is 21.1 Å². The van der Waals surface area contributed by atoms with Crippen molar-refractivity contribution in [2.75, 3.05) is 18.0 Å². The fourth-order valence-corrected chi connectivity index (χ4v) is 4.29. The molecule has 0 saturated carbocycles. The Morgan fingerprint density at radius 3 is 1.76 bits per heavy atom. The van der Waals surface area contributed by atoms with E-state index >= 15 is 0 Å². The molecule has 2 aromatic carbocycles. The first-order valence-corrected chi connectivity index (χ1v) is 8.91. The van der Waals surface area contributed by atoms with Gasteiger partial charge in [0.05, 0.1) is 13.1 Å². The van der Waals surface area contributed by atoms with E-state index in [0.29, 0.717) is 0 Å². The predicted octanol–water partition coefficient (Wildman–Crippen LogP) is 5.12. The Morgan fingerprint density at radius 2 is 1.24 bits per heavy atom. The molecule has 0 atom stereocenters. The Bertz CT molecular complexity index is 775. The number of nitrogens with zero attached hydrogens (tertiary/aromatic N) is 2. The van der Waals surface area contributed by atoms with E-state index in [1.54, 1.807) is 0 Å². The first-order valence-electron chi connectivity index (χ1n) is 8.91. The van der Waals surface area contributed by atoms with Gasteiger partial charge in [-0.05, 0) is 63.8 Å². The number of benzene rings is 2. The first-order chi connectivity index (χ1) is 11.4. The molecule has 25 heavy (non-hydrogen) atoms. The van der Waals surface area contributed by atoms with Crippen LogP contribution in [0.2, 0.25) is 0 Å². The minimum Gasteiger partial charge on any atom is -0.233 e. The normalized spacial score (nSPS) is 14.2. The smallest absolute Gasteiger partial charge is 0.233 e. The van der Waals surface area contributed by atoms with Crippen molar-refractivity contribution >= 4 is 17.7 Å². The second-order valence-electron chi connectivity index (χ2n) is 7.35. The van der Waals surface area contributed by atoms with E-state index < -0.39 is 0 Å². The number of hydrogen-bond acceptors (Lipinski definition) is 1. The quantitative estimate of drug-likeness (QED) is 0.503. The zero-order valence-corrected chi connectivity index (χ0v) is 18.5. The molecule has 0 bridgehead atoms. The molecule has 2 nitrogen and oxygen atoms in total. The van der Waals surface area contributed by atoms with Crippen molar-refractivity contribution in [2.45, 2.75) is 48.0 Å². The van der Waals surface area contributed by atoms with E-state index in [2.05, 4.69) is 81.6 Å². The molecule has 0 spiro atoms. The van der Waals surface area contributed by atoms with Gasteiger partial charge < -0.3 is 0 Å². The van der Waals surface area contributed by atoms with Crippen molar-refractivity contribution in [3.05, 3.63) is 57.6 Å². The van der Waals surface area contributed by atoms with E-state index in [1.165, 1.54) is 51.2 Å². The fourth-order valence-electron chi connectivity index (χ4n) is 4.29. The summed E-state index contributed by atoms with van der Waals surface area (Å²) < 4.78 is 2.44. The second-order valence-corrected chi connectivity index (χ2v) is 7.35. The zero-order chi connectivity index (χ0) is 17.4. The van der Waals surface area contributed by atoms with Crippen molar-refractivity contribution in [3.63, 3.8) is 0 Å². The summed E-state index contributed by atoms with van der Waals surface area (Å²) in [6.45, 7) is 15.4. The number of anilines is 1. The van der Waals surface area contributed by atoms with Crippen LogP contribution in [0.3, 0.4) is 0 Å². The van der Waals surface area contributed by atoms with Crippen LogP contribution in [-0.2, 0) is 21.1 Å². The molecule has 0 aliphatic carbocycles. The van der Waals surface area contributed by atoms with Crippen LogP contribution in [0, 0.1) is 41.5 Å². The molecule has 0 fully saturated rings. The Hall–Kier alpha value is -1.40. The molecular formula is C22H29N2Pt+3. The van der Waals surface area contributed by atoms with Gasteiger partial charge in [0.1, 0.15) is 11.4 Å². The number of aryl methyl sites for hydroxylation is 6. The van der Waals surface area contributed by atoms with E-state index in [1.807, 2.05) is 0 Å². The van der Waals surface area contributed by atoms with Gasteiger partial charge in [0.2, 0.25) is 6.34 Å². The van der Waals surface area contributed by atoms with Crippen LogP contribution in [-0.4, -0.2) is 24.0 Å². The van der Waals surface area contributed by atoms with Gasteiger partial charge in [-0.1, -0.05) is 35.4 Å². The predicted molar refractivity (Wildman–Crippen MR) is 104 cm³/mol. The molecule has 0 amide bonds. The van der Waals surface area contributed by atoms with Crippen molar-refractivity contribution in [1.29, 1.82) is 0 Å². The third-order valence-electron chi connectivity index (χ3n) is 4.92. The van der Waals surface area contributed by atoms with Crippen LogP contribution in [0.15, 0.2) is 24.3 Å². The third-order valence-corrected chi connectivity index (χ3v) is 4.92. The molecule has 2 aromatic rings. The van der Waals surface area contributed by atoms with E-state index in [9.17, 15) is 0 Å². The number of rotatable bonds is 2. The van der Waals surface area contributed by atoms with Gasteiger partial charge in [-0.25, -0.2) is 9.48 Å². The SMILES string of the molecule is Cc1cc(C)c(N2C=[N+](c3c(C)cc(C)cc3C)CCC2)c(C)c1.[Pt+2]. The topological polar surface area (TPSA) is 6.25 Å². The molecule has 0 N–H and O–H groups in total. The van der Waals surface area contributed by atoms with Crippen LogP contribution in [0.1, 0.15) is 39.8 Å². The summed E-state index contributed by atoms with van der Waals surface area (Å²) >= 11 is 0. The molecular weight excluding hydrogens is 487 g/mol. The molecule has 0 radical (unpaired) electrons. The van der Waals surface area contributed by atoms with Crippen LogP contribution < -0.4 is 4.90 Å². The number of hydrogen-bond donors (Lipinski definition) is 0. The molecule has 134 valence electrons. The Kier molecular flexibility index (Phi) is 6.27. The molecule has 0 saturated heterocycles. The van der Waals surface area contributed by atoms with Crippen molar-refractivity contribution in [2.24, 2.45) is 0 Å². The summed E-state index contributed by atoms with van der Waals surface area (Å²) in [4.78, 5) is 2.44. The van der Waals surface area contributed by atoms with Crippen molar-refractivity contribution in [1.82, 2.24) is 0 Å². The standard InChI is InChI=1S/C22H29N2.Pt/c1-15-10-17(3)21(18(4)11-15)23-8-7-9-24(14-23)22-19(5)12-16(2)13-20(22)6;/h10-14H,7-9H2,1-6H3;/q+1;+2. The molecule has 1 aliphatic rings. The van der Waals surface area contributed by atoms with Gasteiger partial charge in [-0.2, -0.15) is 0 Å². The molecule has 0 unspecified atom stereocenters. The first kappa shape index (κ1) is 19.9. The van der Waals surface area contributed by atoms with E-state index in [0.717, 1.165) is 13.1 Å². The summed E-state index contributed by atoms with van der Waals surface area (Å²) in [7, 11) is 0. The minimum atomic E-state index is 0. The molecule has 3 rings (SSSR count). The average Bonchev–Trinajstić information content (AvgIpc) is 2.45. The maximum Gasteiger partial charge on any atom is 2.00 e. The molecule has 0 aromatic heterocycles. The molecule has 1 heterocycles. The Labute approximate surface area is 166 Å². The van der Waals surface area contributed by atoms with Gasteiger partial charge in [0, 0.05) is 6.42 Å². The Balaban J connectivity index is 0.00000225. The van der Waals surface area contributed by atoms with Gasteiger partial charge in [-0.3, -0.25) is 0 Å². The van der Waals surface area contributed by atoms with Crippen molar-refractivity contribution < 1.29 is 25.6 Å². The fraction of sp³-hybridized carbons (Fsp3) is 0.409. The van der Waals surface area contributed by atoms with Crippen LogP contribution in [0.25, 0.3) is 0 Å². The monoisotopic (exact) mass is 516 g/mol. The summed E-state index contributed by atoms with van der Waals surface area (Å²) in [5.41, 5.74) is 10.9. The summed E-state index contributed by atoms with van der Waals surface area (Å²) in [5, 5.41) is 0. The van der Waals surface area contributed by atoms with Crippen LogP contribution in [0.5, 0.6) is 0 Å². The van der Waals surface area contributed by atoms with Crippen LogP contribution in [0.4, 0.5) is 11.4 Å².